The standard InChI is InChI=1S/C15H21NO2/c1-12(2)10-16(3)11-14-6-4-13(5-7-14)8-9-15(17)18/h4-9,12H,10-11H2,1-3H3,(H,17,18). The first kappa shape index (κ1) is 14.5. The SMILES string of the molecule is CC(C)CN(C)Cc1ccc(C=CC(=O)O)cc1. The normalized spacial score (nSPS) is 11.6. The number of carboxylic acids is 1. The van der Waals surface area contributed by atoms with Gasteiger partial charge in [-0.05, 0) is 30.2 Å². The molecular formula is C15H21NO2. The molecule has 0 aliphatic carbocycles. The molecule has 0 amide bonds. The van der Waals surface area contributed by atoms with Crippen LogP contribution < -0.4 is 0 Å². The van der Waals surface area contributed by atoms with Gasteiger partial charge in [-0.2, -0.15) is 0 Å². The average molecular weight is 247 g/mol. The van der Waals surface area contributed by atoms with E-state index in [0.717, 1.165) is 24.7 Å². The zero-order chi connectivity index (χ0) is 13.5. The lowest BCUT2D eigenvalue weighted by Gasteiger charge is -2.18. The maximum atomic E-state index is 10.4. The molecule has 1 aromatic rings. The maximum absolute atomic E-state index is 10.4. The Morgan fingerprint density at radius 2 is 1.94 bits per heavy atom. The van der Waals surface area contributed by atoms with Gasteiger partial charge in [0, 0.05) is 19.2 Å². The summed E-state index contributed by atoms with van der Waals surface area (Å²) in [4.78, 5) is 12.7. The highest BCUT2D eigenvalue weighted by molar-refractivity contribution is 5.85. The van der Waals surface area contributed by atoms with E-state index in [0.29, 0.717) is 5.92 Å². The molecule has 1 N–H and O–H groups in total. The Kier molecular flexibility index (Phi) is 5.59. The molecule has 0 aromatic heterocycles. The minimum atomic E-state index is -0.921. The van der Waals surface area contributed by atoms with Crippen LogP contribution in [-0.4, -0.2) is 29.6 Å². The van der Waals surface area contributed by atoms with Crippen LogP contribution in [0.3, 0.4) is 0 Å². The number of rotatable bonds is 6. The average Bonchev–Trinajstić information content (AvgIpc) is 2.26. The molecule has 0 atom stereocenters. The third kappa shape index (κ3) is 5.64. The number of aliphatic carboxylic acids is 1. The molecule has 1 rings (SSSR count). The number of nitrogens with zero attached hydrogens (tertiary/aromatic N) is 1. The third-order valence-electron chi connectivity index (χ3n) is 2.53. The largest absolute Gasteiger partial charge is 0.478 e. The molecule has 0 aliphatic heterocycles. The summed E-state index contributed by atoms with van der Waals surface area (Å²) < 4.78 is 0. The molecule has 0 saturated heterocycles. The molecule has 98 valence electrons. The van der Waals surface area contributed by atoms with Gasteiger partial charge in [0.1, 0.15) is 0 Å². The lowest BCUT2D eigenvalue weighted by atomic mass is 10.1. The van der Waals surface area contributed by atoms with E-state index in [2.05, 4.69) is 25.8 Å². The predicted octanol–water partition coefficient (Wildman–Crippen LogP) is 2.87. The Bertz CT molecular complexity index is 407. The van der Waals surface area contributed by atoms with Crippen molar-refractivity contribution in [2.75, 3.05) is 13.6 Å². The summed E-state index contributed by atoms with van der Waals surface area (Å²) in [5.74, 6) is -0.261. The zero-order valence-electron chi connectivity index (χ0n) is 11.3. The van der Waals surface area contributed by atoms with Crippen molar-refractivity contribution in [2.45, 2.75) is 20.4 Å². The van der Waals surface area contributed by atoms with Crippen molar-refractivity contribution >= 4 is 12.0 Å². The first-order valence-corrected chi connectivity index (χ1v) is 6.16. The fraction of sp³-hybridized carbons (Fsp3) is 0.400. The van der Waals surface area contributed by atoms with Gasteiger partial charge >= 0.3 is 5.97 Å². The molecule has 0 radical (unpaired) electrons. The number of carbonyl (C=O) groups is 1. The van der Waals surface area contributed by atoms with E-state index in [4.69, 9.17) is 5.11 Å². The number of carboxylic acid groups (broad SMARTS) is 1. The highest BCUT2D eigenvalue weighted by Gasteiger charge is 2.02. The minimum Gasteiger partial charge on any atom is -0.478 e. The molecule has 0 bridgehead atoms. The Labute approximate surface area is 109 Å². The Hall–Kier alpha value is -1.61. The molecule has 0 saturated carbocycles. The van der Waals surface area contributed by atoms with Crippen LogP contribution in [0.1, 0.15) is 25.0 Å². The van der Waals surface area contributed by atoms with Gasteiger partial charge in [-0.1, -0.05) is 38.1 Å². The maximum Gasteiger partial charge on any atom is 0.328 e. The van der Waals surface area contributed by atoms with E-state index in [1.807, 2.05) is 24.3 Å². The van der Waals surface area contributed by atoms with Crippen molar-refractivity contribution in [3.05, 3.63) is 41.5 Å². The van der Waals surface area contributed by atoms with E-state index < -0.39 is 5.97 Å². The lowest BCUT2D eigenvalue weighted by molar-refractivity contribution is -0.131. The first-order chi connectivity index (χ1) is 8.47. The van der Waals surface area contributed by atoms with Crippen LogP contribution in [-0.2, 0) is 11.3 Å². The van der Waals surface area contributed by atoms with Gasteiger partial charge in [0.15, 0.2) is 0 Å². The predicted molar refractivity (Wildman–Crippen MR) is 74.3 cm³/mol. The molecule has 3 heteroatoms. The van der Waals surface area contributed by atoms with Crippen molar-refractivity contribution in [1.29, 1.82) is 0 Å². The van der Waals surface area contributed by atoms with Crippen LogP contribution in [0.25, 0.3) is 6.08 Å². The number of hydrogen-bond acceptors (Lipinski definition) is 2. The van der Waals surface area contributed by atoms with Crippen LogP contribution in [0.15, 0.2) is 30.3 Å². The second-order valence-corrected chi connectivity index (χ2v) is 5.00. The van der Waals surface area contributed by atoms with Gasteiger partial charge in [0.05, 0.1) is 0 Å². The van der Waals surface area contributed by atoms with E-state index in [-0.39, 0.29) is 0 Å². The lowest BCUT2D eigenvalue weighted by Crippen LogP contribution is -2.22. The molecule has 0 aliphatic rings. The van der Waals surface area contributed by atoms with Gasteiger partial charge < -0.3 is 10.0 Å². The fourth-order valence-corrected chi connectivity index (χ4v) is 1.90. The molecule has 0 heterocycles. The monoisotopic (exact) mass is 247 g/mol. The Morgan fingerprint density at radius 1 is 1.33 bits per heavy atom. The van der Waals surface area contributed by atoms with Gasteiger partial charge in [0.25, 0.3) is 0 Å². The van der Waals surface area contributed by atoms with E-state index >= 15 is 0 Å². The van der Waals surface area contributed by atoms with Crippen molar-refractivity contribution in [2.24, 2.45) is 5.92 Å². The second kappa shape index (κ2) is 6.97. The van der Waals surface area contributed by atoms with Crippen molar-refractivity contribution in [1.82, 2.24) is 4.90 Å². The first-order valence-electron chi connectivity index (χ1n) is 6.16. The smallest absolute Gasteiger partial charge is 0.328 e. The van der Waals surface area contributed by atoms with Crippen LogP contribution in [0.2, 0.25) is 0 Å². The molecule has 0 unspecified atom stereocenters. The summed E-state index contributed by atoms with van der Waals surface area (Å²) in [5.41, 5.74) is 2.15. The third-order valence-corrected chi connectivity index (χ3v) is 2.53. The Morgan fingerprint density at radius 3 is 2.44 bits per heavy atom. The number of benzene rings is 1. The van der Waals surface area contributed by atoms with E-state index in [1.165, 1.54) is 5.56 Å². The van der Waals surface area contributed by atoms with E-state index in [9.17, 15) is 4.79 Å². The number of hydrogen-bond donors (Lipinski definition) is 1. The Balaban J connectivity index is 2.57. The second-order valence-electron chi connectivity index (χ2n) is 5.00. The summed E-state index contributed by atoms with van der Waals surface area (Å²) >= 11 is 0. The van der Waals surface area contributed by atoms with Crippen molar-refractivity contribution in [3.63, 3.8) is 0 Å². The molecule has 1 aromatic carbocycles. The van der Waals surface area contributed by atoms with Crippen LogP contribution >= 0.6 is 0 Å². The summed E-state index contributed by atoms with van der Waals surface area (Å²) in [6, 6.07) is 7.96. The van der Waals surface area contributed by atoms with Gasteiger partial charge in [0.2, 0.25) is 0 Å². The zero-order valence-corrected chi connectivity index (χ0v) is 11.3. The fourth-order valence-electron chi connectivity index (χ4n) is 1.90. The van der Waals surface area contributed by atoms with E-state index in [1.54, 1.807) is 6.08 Å². The quantitative estimate of drug-likeness (QED) is 0.786. The highest BCUT2D eigenvalue weighted by Crippen LogP contribution is 2.09. The summed E-state index contributed by atoms with van der Waals surface area (Å²) in [6.07, 6.45) is 2.75. The molecule has 0 spiro atoms. The summed E-state index contributed by atoms with van der Waals surface area (Å²) in [5, 5.41) is 8.54. The van der Waals surface area contributed by atoms with Crippen LogP contribution in [0.5, 0.6) is 0 Å². The van der Waals surface area contributed by atoms with Crippen LogP contribution in [0, 0.1) is 5.92 Å². The summed E-state index contributed by atoms with van der Waals surface area (Å²) in [7, 11) is 2.11. The molecule has 0 fully saturated rings. The molecule has 18 heavy (non-hydrogen) atoms. The van der Waals surface area contributed by atoms with Gasteiger partial charge in [-0.25, -0.2) is 4.79 Å². The molecule has 3 nitrogen and oxygen atoms in total. The van der Waals surface area contributed by atoms with Gasteiger partial charge in [-0.15, -0.1) is 0 Å². The van der Waals surface area contributed by atoms with Gasteiger partial charge in [-0.3, -0.25) is 0 Å². The summed E-state index contributed by atoms with van der Waals surface area (Å²) in [6.45, 7) is 6.40. The topological polar surface area (TPSA) is 40.5 Å². The minimum absolute atomic E-state index is 0.660. The van der Waals surface area contributed by atoms with Crippen molar-refractivity contribution < 1.29 is 9.90 Å². The van der Waals surface area contributed by atoms with Crippen LogP contribution in [0.4, 0.5) is 0 Å². The molecular weight excluding hydrogens is 226 g/mol. The highest BCUT2D eigenvalue weighted by atomic mass is 16.4. The van der Waals surface area contributed by atoms with Crippen molar-refractivity contribution in [3.8, 4) is 0 Å².